The lowest BCUT2D eigenvalue weighted by Gasteiger charge is -2.26. The van der Waals surface area contributed by atoms with Gasteiger partial charge in [0.1, 0.15) is 17.3 Å². The molecule has 2 heterocycles. The second-order valence-electron chi connectivity index (χ2n) is 5.53. The number of hydrogen-bond donors (Lipinski definition) is 0. The summed E-state index contributed by atoms with van der Waals surface area (Å²) in [4.78, 5) is 4.06. The summed E-state index contributed by atoms with van der Waals surface area (Å²) >= 11 is 5.81. The van der Waals surface area contributed by atoms with Crippen molar-refractivity contribution in [3.05, 3.63) is 23.4 Å². The van der Waals surface area contributed by atoms with E-state index >= 15 is 0 Å². The van der Waals surface area contributed by atoms with Crippen LogP contribution >= 0.6 is 11.6 Å². The maximum atomic E-state index is 5.81. The highest BCUT2D eigenvalue weighted by molar-refractivity contribution is 6.29. The molecule has 0 radical (unpaired) electrons. The molecule has 0 aliphatic heterocycles. The molecule has 0 amide bonds. The van der Waals surface area contributed by atoms with Crippen LogP contribution in [0.2, 0.25) is 5.15 Å². The van der Waals surface area contributed by atoms with Crippen LogP contribution in [-0.4, -0.2) is 19.6 Å². The molecular weight excluding hydrogens is 236 g/mol. The van der Waals surface area contributed by atoms with Gasteiger partial charge in [-0.1, -0.05) is 39.3 Å². The molecule has 0 saturated heterocycles. The van der Waals surface area contributed by atoms with E-state index in [2.05, 4.69) is 42.9 Å². The smallest absolute Gasteiger partial charge is 0.165 e. The Morgan fingerprint density at radius 2 is 2.06 bits per heavy atom. The van der Waals surface area contributed by atoms with Crippen LogP contribution in [0.5, 0.6) is 0 Å². The summed E-state index contributed by atoms with van der Waals surface area (Å²) in [6, 6.07) is 1.72. The van der Waals surface area contributed by atoms with Crippen molar-refractivity contribution in [2.24, 2.45) is 11.3 Å². The third-order valence-corrected chi connectivity index (χ3v) is 3.51. The van der Waals surface area contributed by atoms with Crippen LogP contribution in [-0.2, 0) is 6.42 Å². The molecule has 2 rings (SSSR count). The van der Waals surface area contributed by atoms with Gasteiger partial charge in [-0.2, -0.15) is 0 Å². The maximum absolute atomic E-state index is 5.81. The Morgan fingerprint density at radius 3 is 2.71 bits per heavy atom. The van der Waals surface area contributed by atoms with Crippen LogP contribution in [0.25, 0.3) is 5.65 Å². The van der Waals surface area contributed by atoms with Crippen LogP contribution in [0.15, 0.2) is 12.4 Å². The molecule has 0 aliphatic rings. The van der Waals surface area contributed by atoms with Crippen LogP contribution in [0.3, 0.4) is 0 Å². The van der Waals surface area contributed by atoms with Crippen molar-refractivity contribution in [2.45, 2.75) is 34.1 Å². The van der Waals surface area contributed by atoms with Crippen molar-refractivity contribution in [1.29, 1.82) is 0 Å². The first-order valence-electron chi connectivity index (χ1n) is 5.73. The normalized spacial score (nSPS) is 14.2. The Balaban J connectivity index is 2.31. The highest BCUT2D eigenvalue weighted by Crippen LogP contribution is 2.28. The van der Waals surface area contributed by atoms with Gasteiger partial charge in [0.05, 0.1) is 0 Å². The quantitative estimate of drug-likeness (QED) is 0.772. The zero-order valence-electron chi connectivity index (χ0n) is 10.6. The molecule has 17 heavy (non-hydrogen) atoms. The molecule has 0 saturated carbocycles. The van der Waals surface area contributed by atoms with E-state index in [9.17, 15) is 0 Å². The summed E-state index contributed by atoms with van der Waals surface area (Å²) < 4.78 is 1.90. The molecule has 1 unspecified atom stereocenters. The summed E-state index contributed by atoms with van der Waals surface area (Å²) in [6.45, 7) is 8.92. The SMILES string of the molecule is CC(Cc1nnc2cc(Cl)ncn12)C(C)(C)C. The Labute approximate surface area is 106 Å². The number of aromatic nitrogens is 4. The predicted molar refractivity (Wildman–Crippen MR) is 68.1 cm³/mol. The first-order valence-corrected chi connectivity index (χ1v) is 6.11. The first kappa shape index (κ1) is 12.3. The van der Waals surface area contributed by atoms with Crippen molar-refractivity contribution < 1.29 is 0 Å². The lowest BCUT2D eigenvalue weighted by molar-refractivity contribution is 0.256. The van der Waals surface area contributed by atoms with Crippen molar-refractivity contribution in [3.63, 3.8) is 0 Å². The molecule has 0 fully saturated rings. The molecule has 1 atom stereocenters. The van der Waals surface area contributed by atoms with E-state index < -0.39 is 0 Å². The van der Waals surface area contributed by atoms with Gasteiger partial charge in [-0.25, -0.2) is 4.98 Å². The van der Waals surface area contributed by atoms with E-state index in [-0.39, 0.29) is 5.41 Å². The van der Waals surface area contributed by atoms with Gasteiger partial charge in [-0.15, -0.1) is 10.2 Å². The Morgan fingerprint density at radius 1 is 1.35 bits per heavy atom. The Bertz CT molecular complexity index is 527. The highest BCUT2D eigenvalue weighted by Gasteiger charge is 2.22. The van der Waals surface area contributed by atoms with Crippen molar-refractivity contribution in [3.8, 4) is 0 Å². The molecule has 5 heteroatoms. The van der Waals surface area contributed by atoms with Crippen LogP contribution in [0, 0.1) is 11.3 Å². The van der Waals surface area contributed by atoms with Crippen LogP contribution < -0.4 is 0 Å². The molecule has 0 N–H and O–H groups in total. The third kappa shape index (κ3) is 2.57. The molecule has 0 aromatic carbocycles. The van der Waals surface area contributed by atoms with Crippen molar-refractivity contribution in [1.82, 2.24) is 19.6 Å². The summed E-state index contributed by atoms with van der Waals surface area (Å²) in [5.74, 6) is 1.46. The summed E-state index contributed by atoms with van der Waals surface area (Å²) in [7, 11) is 0. The van der Waals surface area contributed by atoms with E-state index in [1.807, 2.05) is 4.40 Å². The molecule has 0 aliphatic carbocycles. The monoisotopic (exact) mass is 252 g/mol. The number of nitrogens with zero attached hydrogens (tertiary/aromatic N) is 4. The molecule has 2 aromatic heterocycles. The average Bonchev–Trinajstić information content (AvgIpc) is 2.59. The molecule has 0 bridgehead atoms. The minimum Gasteiger partial charge on any atom is -0.269 e. The fourth-order valence-electron chi connectivity index (χ4n) is 1.54. The van der Waals surface area contributed by atoms with E-state index in [1.54, 1.807) is 12.4 Å². The Kier molecular flexibility index (Phi) is 3.08. The fourth-order valence-corrected chi connectivity index (χ4v) is 1.68. The molecule has 92 valence electrons. The summed E-state index contributed by atoms with van der Waals surface area (Å²) in [5, 5.41) is 8.75. The minimum absolute atomic E-state index is 0.256. The second-order valence-corrected chi connectivity index (χ2v) is 5.91. The van der Waals surface area contributed by atoms with Crippen molar-refractivity contribution in [2.75, 3.05) is 0 Å². The number of halogens is 1. The lowest BCUT2D eigenvalue weighted by atomic mass is 9.80. The topological polar surface area (TPSA) is 43.1 Å². The Hall–Kier alpha value is -1.16. The molecule has 0 spiro atoms. The van der Waals surface area contributed by atoms with Gasteiger partial charge in [-0.3, -0.25) is 4.40 Å². The average molecular weight is 253 g/mol. The van der Waals surface area contributed by atoms with Gasteiger partial charge in [0.2, 0.25) is 0 Å². The highest BCUT2D eigenvalue weighted by atomic mass is 35.5. The predicted octanol–water partition coefficient (Wildman–Crippen LogP) is 3.00. The van der Waals surface area contributed by atoms with Crippen LogP contribution in [0.4, 0.5) is 0 Å². The van der Waals surface area contributed by atoms with Gasteiger partial charge in [0.25, 0.3) is 0 Å². The fraction of sp³-hybridized carbons (Fsp3) is 0.583. The largest absolute Gasteiger partial charge is 0.269 e. The standard InChI is InChI=1S/C12H17ClN4/c1-8(12(2,3)4)5-10-15-16-11-6-9(13)14-7-17(10)11/h6-8H,5H2,1-4H3. The zero-order chi connectivity index (χ0) is 12.6. The van der Waals surface area contributed by atoms with Crippen LogP contribution in [0.1, 0.15) is 33.5 Å². The summed E-state index contributed by atoms with van der Waals surface area (Å²) in [5.41, 5.74) is 1.01. The summed E-state index contributed by atoms with van der Waals surface area (Å²) in [6.07, 6.45) is 2.57. The van der Waals surface area contributed by atoms with E-state index in [0.29, 0.717) is 11.1 Å². The molecule has 4 nitrogen and oxygen atoms in total. The molecule has 2 aromatic rings. The van der Waals surface area contributed by atoms with Gasteiger partial charge in [-0.05, 0) is 11.3 Å². The second kappa shape index (κ2) is 4.26. The zero-order valence-corrected chi connectivity index (χ0v) is 11.4. The van der Waals surface area contributed by atoms with E-state index in [1.165, 1.54) is 0 Å². The van der Waals surface area contributed by atoms with Crippen molar-refractivity contribution >= 4 is 17.2 Å². The number of fused-ring (bicyclic) bond motifs is 1. The third-order valence-electron chi connectivity index (χ3n) is 3.30. The van der Waals surface area contributed by atoms with E-state index in [0.717, 1.165) is 17.9 Å². The van der Waals surface area contributed by atoms with Gasteiger partial charge in [0, 0.05) is 12.5 Å². The van der Waals surface area contributed by atoms with Gasteiger partial charge in [0.15, 0.2) is 5.65 Å². The molecular formula is C12H17ClN4. The number of hydrogen-bond acceptors (Lipinski definition) is 3. The lowest BCUT2D eigenvalue weighted by Crippen LogP contribution is -2.20. The first-order chi connectivity index (χ1) is 7.88. The van der Waals surface area contributed by atoms with Gasteiger partial charge >= 0.3 is 0 Å². The number of rotatable bonds is 2. The minimum atomic E-state index is 0.256. The van der Waals surface area contributed by atoms with Gasteiger partial charge < -0.3 is 0 Å². The van der Waals surface area contributed by atoms with E-state index in [4.69, 9.17) is 11.6 Å². The maximum Gasteiger partial charge on any atom is 0.165 e.